The maximum Gasteiger partial charge on any atom is 0.397 e. The van der Waals surface area contributed by atoms with E-state index < -0.39 is 42.1 Å². The van der Waals surface area contributed by atoms with Crippen LogP contribution in [0, 0.1) is 11.6 Å². The Kier molecular flexibility index (Phi) is 5.23. The molecule has 1 aromatic carbocycles. The molecule has 1 aromatic rings. The fourth-order valence-electron chi connectivity index (χ4n) is 1.48. The first-order chi connectivity index (χ1) is 9.64. The number of carbonyl (C=O) groups excluding carboxylic acids is 2. The standard InChI is InChI=1S/C12H10F5NO3/c1-21-11(20)10(18-9(19)5-12(15,16)17)6-2-3-7(13)8(14)4-6/h2-4,10H,5H2,1H3,(H,18,19)/t10-/m0/s1. The van der Waals surface area contributed by atoms with Gasteiger partial charge in [-0.3, -0.25) is 4.79 Å². The molecule has 0 bridgehead atoms. The van der Waals surface area contributed by atoms with Crippen LogP contribution < -0.4 is 5.32 Å². The van der Waals surface area contributed by atoms with Gasteiger partial charge in [0.2, 0.25) is 5.91 Å². The third-order valence-corrected chi connectivity index (χ3v) is 2.38. The molecule has 9 heteroatoms. The van der Waals surface area contributed by atoms with E-state index in [4.69, 9.17) is 0 Å². The maximum absolute atomic E-state index is 13.1. The number of esters is 1. The predicted molar refractivity (Wildman–Crippen MR) is 59.9 cm³/mol. The predicted octanol–water partition coefficient (Wildman–Crippen LogP) is 2.25. The number of alkyl halides is 3. The van der Waals surface area contributed by atoms with E-state index in [1.54, 1.807) is 5.32 Å². The lowest BCUT2D eigenvalue weighted by Gasteiger charge is -2.17. The molecule has 116 valence electrons. The highest BCUT2D eigenvalue weighted by Crippen LogP contribution is 2.22. The van der Waals surface area contributed by atoms with Gasteiger partial charge in [-0.25, -0.2) is 13.6 Å². The van der Waals surface area contributed by atoms with Crippen LogP contribution in [0.1, 0.15) is 18.0 Å². The number of hydrogen-bond acceptors (Lipinski definition) is 3. The monoisotopic (exact) mass is 311 g/mol. The number of ether oxygens (including phenoxy) is 1. The summed E-state index contributed by atoms with van der Waals surface area (Å²) in [5.74, 6) is -5.13. The second-order valence-electron chi connectivity index (χ2n) is 3.99. The Morgan fingerprint density at radius 2 is 1.86 bits per heavy atom. The molecule has 0 unspecified atom stereocenters. The quantitative estimate of drug-likeness (QED) is 0.685. The van der Waals surface area contributed by atoms with Gasteiger partial charge in [0.1, 0.15) is 6.42 Å². The van der Waals surface area contributed by atoms with Crippen molar-refractivity contribution in [2.75, 3.05) is 7.11 Å². The zero-order valence-corrected chi connectivity index (χ0v) is 10.6. The summed E-state index contributed by atoms with van der Waals surface area (Å²) < 4.78 is 66.4. The van der Waals surface area contributed by atoms with Gasteiger partial charge in [-0.2, -0.15) is 13.2 Å². The molecule has 0 spiro atoms. The summed E-state index contributed by atoms with van der Waals surface area (Å²) in [5.41, 5.74) is -0.240. The summed E-state index contributed by atoms with van der Waals surface area (Å²) in [6.45, 7) is 0. The van der Waals surface area contributed by atoms with Crippen LogP contribution in [0.5, 0.6) is 0 Å². The summed E-state index contributed by atoms with van der Waals surface area (Å²) in [4.78, 5) is 22.7. The van der Waals surface area contributed by atoms with Crippen LogP contribution in [0.3, 0.4) is 0 Å². The van der Waals surface area contributed by atoms with E-state index in [0.29, 0.717) is 12.1 Å². The normalized spacial score (nSPS) is 12.7. The van der Waals surface area contributed by atoms with Gasteiger partial charge in [-0.15, -0.1) is 0 Å². The molecule has 0 radical (unpaired) electrons. The maximum atomic E-state index is 13.1. The molecular formula is C12H10F5NO3. The number of rotatable bonds is 4. The van der Waals surface area contributed by atoms with E-state index in [2.05, 4.69) is 4.74 Å². The lowest BCUT2D eigenvalue weighted by atomic mass is 10.1. The number of methoxy groups -OCH3 is 1. The van der Waals surface area contributed by atoms with Crippen molar-refractivity contribution in [2.45, 2.75) is 18.6 Å². The van der Waals surface area contributed by atoms with Crippen molar-refractivity contribution < 1.29 is 36.3 Å². The average molecular weight is 311 g/mol. The fraction of sp³-hybridized carbons (Fsp3) is 0.333. The zero-order valence-electron chi connectivity index (χ0n) is 10.6. The Morgan fingerprint density at radius 3 is 2.33 bits per heavy atom. The summed E-state index contributed by atoms with van der Waals surface area (Å²) in [6.07, 6.45) is -6.58. The van der Waals surface area contributed by atoms with Crippen molar-refractivity contribution >= 4 is 11.9 Å². The summed E-state index contributed by atoms with van der Waals surface area (Å²) >= 11 is 0. The minimum atomic E-state index is -4.77. The number of amides is 1. The highest BCUT2D eigenvalue weighted by molar-refractivity contribution is 5.85. The molecule has 0 aliphatic heterocycles. The fourth-order valence-corrected chi connectivity index (χ4v) is 1.48. The molecule has 4 nitrogen and oxygen atoms in total. The number of nitrogens with one attached hydrogen (secondary N) is 1. The van der Waals surface area contributed by atoms with Crippen molar-refractivity contribution in [1.29, 1.82) is 0 Å². The Labute approximate surface area is 115 Å². The summed E-state index contributed by atoms with van der Waals surface area (Å²) in [5, 5.41) is 1.76. The third kappa shape index (κ3) is 5.01. The highest BCUT2D eigenvalue weighted by Gasteiger charge is 2.33. The lowest BCUT2D eigenvalue weighted by Crippen LogP contribution is -2.36. The molecule has 0 saturated heterocycles. The van der Waals surface area contributed by atoms with Gasteiger partial charge >= 0.3 is 12.1 Å². The molecule has 0 heterocycles. The van der Waals surface area contributed by atoms with Crippen molar-refractivity contribution in [3.63, 3.8) is 0 Å². The second-order valence-corrected chi connectivity index (χ2v) is 3.99. The van der Waals surface area contributed by atoms with E-state index in [1.807, 2.05) is 0 Å². The van der Waals surface area contributed by atoms with Gasteiger partial charge in [-0.05, 0) is 17.7 Å². The topological polar surface area (TPSA) is 55.4 Å². The molecule has 1 atom stereocenters. The molecule has 21 heavy (non-hydrogen) atoms. The van der Waals surface area contributed by atoms with Crippen LogP contribution in [0.25, 0.3) is 0 Å². The molecule has 0 aliphatic rings. The van der Waals surface area contributed by atoms with Gasteiger partial charge in [0.15, 0.2) is 17.7 Å². The van der Waals surface area contributed by atoms with Gasteiger partial charge in [0.05, 0.1) is 7.11 Å². The minimum Gasteiger partial charge on any atom is -0.467 e. The zero-order chi connectivity index (χ0) is 16.2. The first-order valence-corrected chi connectivity index (χ1v) is 5.53. The summed E-state index contributed by atoms with van der Waals surface area (Å²) in [7, 11) is 0.936. The van der Waals surface area contributed by atoms with E-state index >= 15 is 0 Å². The Hall–Kier alpha value is -2.19. The first-order valence-electron chi connectivity index (χ1n) is 5.53. The van der Waals surface area contributed by atoms with Crippen LogP contribution >= 0.6 is 0 Å². The van der Waals surface area contributed by atoms with Crippen LogP contribution in [0.4, 0.5) is 22.0 Å². The SMILES string of the molecule is COC(=O)[C@@H](NC(=O)CC(F)(F)F)c1ccc(F)c(F)c1. The smallest absolute Gasteiger partial charge is 0.397 e. The summed E-state index contributed by atoms with van der Waals surface area (Å²) in [6, 6.07) is 0.551. The molecule has 0 fully saturated rings. The molecule has 0 aromatic heterocycles. The van der Waals surface area contributed by atoms with E-state index in [1.165, 1.54) is 0 Å². The Bertz CT molecular complexity index is 544. The minimum absolute atomic E-state index is 0.240. The number of carbonyl (C=O) groups is 2. The van der Waals surface area contributed by atoms with Crippen molar-refractivity contribution in [3.05, 3.63) is 35.4 Å². The van der Waals surface area contributed by atoms with Crippen molar-refractivity contribution in [2.24, 2.45) is 0 Å². The van der Waals surface area contributed by atoms with E-state index in [-0.39, 0.29) is 5.56 Å². The molecule has 1 amide bonds. The van der Waals surface area contributed by atoms with Gasteiger partial charge < -0.3 is 10.1 Å². The third-order valence-electron chi connectivity index (χ3n) is 2.38. The van der Waals surface area contributed by atoms with Crippen LogP contribution in [0.15, 0.2) is 18.2 Å². The first kappa shape index (κ1) is 16.9. The Morgan fingerprint density at radius 1 is 1.24 bits per heavy atom. The second kappa shape index (κ2) is 6.51. The van der Waals surface area contributed by atoms with Crippen molar-refractivity contribution in [1.82, 2.24) is 5.32 Å². The molecular weight excluding hydrogens is 301 g/mol. The molecule has 0 aliphatic carbocycles. The van der Waals surface area contributed by atoms with Crippen LogP contribution in [-0.2, 0) is 14.3 Å². The molecule has 1 rings (SSSR count). The van der Waals surface area contributed by atoms with Gasteiger partial charge in [-0.1, -0.05) is 6.07 Å². The number of benzene rings is 1. The van der Waals surface area contributed by atoms with E-state index in [0.717, 1.165) is 13.2 Å². The van der Waals surface area contributed by atoms with E-state index in [9.17, 15) is 31.5 Å². The van der Waals surface area contributed by atoms with Gasteiger partial charge in [0, 0.05) is 0 Å². The van der Waals surface area contributed by atoms with Gasteiger partial charge in [0.25, 0.3) is 0 Å². The number of halogens is 5. The van der Waals surface area contributed by atoms with Crippen LogP contribution in [-0.4, -0.2) is 25.2 Å². The van der Waals surface area contributed by atoms with Crippen LogP contribution in [0.2, 0.25) is 0 Å². The lowest BCUT2D eigenvalue weighted by molar-refractivity contribution is -0.157. The largest absolute Gasteiger partial charge is 0.467 e. The molecule has 1 N–H and O–H groups in total. The average Bonchev–Trinajstić information content (AvgIpc) is 2.36. The van der Waals surface area contributed by atoms with Crippen molar-refractivity contribution in [3.8, 4) is 0 Å². The number of hydrogen-bond donors (Lipinski definition) is 1. The molecule has 0 saturated carbocycles. The Balaban J connectivity index is 2.98. The highest BCUT2D eigenvalue weighted by atomic mass is 19.4.